The quantitative estimate of drug-likeness (QED) is 0.773. The number of carbonyl (C=O) groups is 1. The van der Waals surface area contributed by atoms with E-state index in [1.54, 1.807) is 31.0 Å². The average molecular weight is 280 g/mol. The zero-order chi connectivity index (χ0) is 14.8. The second kappa shape index (κ2) is 5.83. The molecule has 3 atom stereocenters. The Morgan fingerprint density at radius 3 is 2.90 bits per heavy atom. The van der Waals surface area contributed by atoms with Crippen molar-refractivity contribution in [2.45, 2.75) is 44.8 Å². The molecule has 0 aromatic carbocycles. The van der Waals surface area contributed by atoms with Crippen LogP contribution in [0.3, 0.4) is 0 Å². The molecule has 1 aromatic rings. The highest BCUT2D eigenvalue weighted by molar-refractivity contribution is 5.74. The fourth-order valence-electron chi connectivity index (χ4n) is 2.63. The molecule has 1 aromatic heterocycles. The molecular formula is C14H24N4O2. The molecule has 1 aliphatic carbocycles. The summed E-state index contributed by atoms with van der Waals surface area (Å²) in [5.41, 5.74) is -0.429. The number of rotatable bonds is 4. The number of hydrogen-bond acceptors (Lipinski definition) is 3. The molecule has 0 aliphatic heterocycles. The third-order valence-corrected chi connectivity index (χ3v) is 4.10. The molecule has 2 rings (SSSR count). The van der Waals surface area contributed by atoms with E-state index in [0.29, 0.717) is 11.5 Å². The van der Waals surface area contributed by atoms with Gasteiger partial charge in [0.25, 0.3) is 0 Å². The highest BCUT2D eigenvalue weighted by Gasteiger charge is 2.27. The largest absolute Gasteiger partial charge is 0.383 e. The predicted molar refractivity (Wildman–Crippen MR) is 76.1 cm³/mol. The van der Waals surface area contributed by atoms with Crippen LogP contribution in [0, 0.1) is 5.92 Å². The Morgan fingerprint density at radius 2 is 2.35 bits per heavy atom. The summed E-state index contributed by atoms with van der Waals surface area (Å²) in [6.07, 6.45) is 6.72. The van der Waals surface area contributed by atoms with E-state index >= 15 is 0 Å². The second-order valence-electron chi connectivity index (χ2n) is 6.02. The zero-order valence-electron chi connectivity index (χ0n) is 12.4. The smallest absolute Gasteiger partial charge is 0.315 e. The third-order valence-electron chi connectivity index (χ3n) is 4.10. The van der Waals surface area contributed by atoms with Crippen molar-refractivity contribution < 1.29 is 9.90 Å². The highest BCUT2D eigenvalue weighted by Crippen LogP contribution is 2.24. The van der Waals surface area contributed by atoms with Gasteiger partial charge in [0, 0.05) is 24.8 Å². The minimum atomic E-state index is -1.12. The van der Waals surface area contributed by atoms with Crippen molar-refractivity contribution in [3.63, 3.8) is 0 Å². The Balaban J connectivity index is 1.83. The molecule has 1 heterocycles. The SMILES string of the molecule is CC1CCCC1NC(=O)NCC(C)(O)c1cnn(C)c1. The molecule has 6 nitrogen and oxygen atoms in total. The van der Waals surface area contributed by atoms with Gasteiger partial charge in [-0.3, -0.25) is 4.68 Å². The second-order valence-corrected chi connectivity index (χ2v) is 6.02. The Morgan fingerprint density at radius 1 is 1.60 bits per heavy atom. The van der Waals surface area contributed by atoms with Crippen molar-refractivity contribution in [1.29, 1.82) is 0 Å². The highest BCUT2D eigenvalue weighted by atomic mass is 16.3. The van der Waals surface area contributed by atoms with E-state index in [4.69, 9.17) is 0 Å². The molecule has 112 valence electrons. The first-order valence-corrected chi connectivity index (χ1v) is 7.14. The van der Waals surface area contributed by atoms with Gasteiger partial charge in [0.15, 0.2) is 0 Å². The molecular weight excluding hydrogens is 256 g/mol. The van der Waals surface area contributed by atoms with E-state index in [-0.39, 0.29) is 18.6 Å². The topological polar surface area (TPSA) is 79.2 Å². The van der Waals surface area contributed by atoms with Crippen molar-refractivity contribution in [1.82, 2.24) is 20.4 Å². The van der Waals surface area contributed by atoms with Crippen LogP contribution in [-0.4, -0.2) is 33.5 Å². The van der Waals surface area contributed by atoms with Crippen LogP contribution in [0.15, 0.2) is 12.4 Å². The van der Waals surface area contributed by atoms with E-state index in [0.717, 1.165) is 6.42 Å². The standard InChI is InChI=1S/C14H24N4O2/c1-10-5-4-6-12(10)17-13(19)15-9-14(2,20)11-7-16-18(3)8-11/h7-8,10,12,20H,4-6,9H2,1-3H3,(H2,15,17,19). The molecule has 3 N–H and O–H groups in total. The number of nitrogens with one attached hydrogen (secondary N) is 2. The summed E-state index contributed by atoms with van der Waals surface area (Å²) in [5, 5.41) is 20.1. The first-order chi connectivity index (χ1) is 9.38. The number of aryl methyl sites for hydroxylation is 1. The lowest BCUT2D eigenvalue weighted by molar-refractivity contribution is 0.0591. The number of carbonyl (C=O) groups excluding carboxylic acids is 1. The fraction of sp³-hybridized carbons (Fsp3) is 0.714. The number of hydrogen-bond donors (Lipinski definition) is 3. The van der Waals surface area contributed by atoms with Gasteiger partial charge in [-0.2, -0.15) is 5.10 Å². The average Bonchev–Trinajstić information content (AvgIpc) is 2.97. The minimum absolute atomic E-state index is 0.158. The Bertz CT molecular complexity index is 469. The van der Waals surface area contributed by atoms with Crippen LogP contribution in [0.2, 0.25) is 0 Å². The third kappa shape index (κ3) is 3.50. The van der Waals surface area contributed by atoms with Crippen molar-refractivity contribution in [3.8, 4) is 0 Å². The Kier molecular flexibility index (Phi) is 4.32. The molecule has 2 amide bonds. The van der Waals surface area contributed by atoms with Crippen LogP contribution in [0.25, 0.3) is 0 Å². The van der Waals surface area contributed by atoms with Crippen molar-refractivity contribution in [3.05, 3.63) is 18.0 Å². The number of aliphatic hydroxyl groups is 1. The summed E-state index contributed by atoms with van der Waals surface area (Å²) in [6.45, 7) is 3.98. The first-order valence-electron chi connectivity index (χ1n) is 7.14. The van der Waals surface area contributed by atoms with Gasteiger partial charge in [0.2, 0.25) is 0 Å². The lowest BCUT2D eigenvalue weighted by atomic mass is 10.00. The fourth-order valence-corrected chi connectivity index (χ4v) is 2.63. The molecule has 0 saturated heterocycles. The van der Waals surface area contributed by atoms with Crippen LogP contribution >= 0.6 is 0 Å². The first kappa shape index (κ1) is 14.8. The maximum absolute atomic E-state index is 11.9. The predicted octanol–water partition coefficient (Wildman–Crippen LogP) is 1.12. The zero-order valence-corrected chi connectivity index (χ0v) is 12.4. The summed E-state index contributed by atoms with van der Waals surface area (Å²) >= 11 is 0. The molecule has 0 radical (unpaired) electrons. The van der Waals surface area contributed by atoms with Gasteiger partial charge >= 0.3 is 6.03 Å². The maximum atomic E-state index is 11.9. The minimum Gasteiger partial charge on any atom is -0.383 e. The van der Waals surface area contributed by atoms with Gasteiger partial charge in [-0.15, -0.1) is 0 Å². The number of nitrogens with zero attached hydrogens (tertiary/aromatic N) is 2. The summed E-state index contributed by atoms with van der Waals surface area (Å²) in [5.74, 6) is 0.527. The summed E-state index contributed by atoms with van der Waals surface area (Å²) in [7, 11) is 1.79. The van der Waals surface area contributed by atoms with Gasteiger partial charge in [-0.05, 0) is 25.7 Å². The monoisotopic (exact) mass is 280 g/mol. The van der Waals surface area contributed by atoms with Crippen LogP contribution in [0.5, 0.6) is 0 Å². The number of aromatic nitrogens is 2. The lowest BCUT2D eigenvalue weighted by Crippen LogP contribution is -2.47. The summed E-state index contributed by atoms with van der Waals surface area (Å²) in [4.78, 5) is 11.9. The van der Waals surface area contributed by atoms with Crippen molar-refractivity contribution >= 4 is 6.03 Å². The van der Waals surface area contributed by atoms with Gasteiger partial charge in [0.1, 0.15) is 5.60 Å². The number of urea groups is 1. The van der Waals surface area contributed by atoms with Gasteiger partial charge in [-0.25, -0.2) is 4.79 Å². The molecule has 1 saturated carbocycles. The van der Waals surface area contributed by atoms with E-state index in [2.05, 4.69) is 22.7 Å². The van der Waals surface area contributed by atoms with E-state index < -0.39 is 5.60 Å². The molecule has 1 fully saturated rings. The van der Waals surface area contributed by atoms with E-state index in [1.165, 1.54) is 12.8 Å². The van der Waals surface area contributed by atoms with E-state index in [1.807, 2.05) is 0 Å². The Labute approximate surface area is 119 Å². The van der Waals surface area contributed by atoms with Crippen molar-refractivity contribution in [2.24, 2.45) is 13.0 Å². The van der Waals surface area contributed by atoms with Gasteiger partial charge < -0.3 is 15.7 Å². The van der Waals surface area contributed by atoms with E-state index in [9.17, 15) is 9.90 Å². The lowest BCUT2D eigenvalue weighted by Gasteiger charge is -2.24. The van der Waals surface area contributed by atoms with Crippen LogP contribution in [-0.2, 0) is 12.6 Å². The number of amides is 2. The molecule has 3 unspecified atom stereocenters. The molecule has 0 bridgehead atoms. The van der Waals surface area contributed by atoms with Gasteiger partial charge in [0.05, 0.1) is 12.7 Å². The Hall–Kier alpha value is -1.56. The molecule has 0 spiro atoms. The van der Waals surface area contributed by atoms with Crippen LogP contribution in [0.1, 0.15) is 38.7 Å². The van der Waals surface area contributed by atoms with Crippen molar-refractivity contribution in [2.75, 3.05) is 6.54 Å². The molecule has 6 heteroatoms. The normalized spacial score (nSPS) is 25.2. The maximum Gasteiger partial charge on any atom is 0.315 e. The van der Waals surface area contributed by atoms with Gasteiger partial charge in [-0.1, -0.05) is 13.3 Å². The van der Waals surface area contributed by atoms with Crippen LogP contribution < -0.4 is 10.6 Å². The van der Waals surface area contributed by atoms with Crippen LogP contribution in [0.4, 0.5) is 4.79 Å². The molecule has 20 heavy (non-hydrogen) atoms. The molecule has 1 aliphatic rings. The summed E-state index contributed by atoms with van der Waals surface area (Å²) in [6, 6.07) is 0.0336. The summed E-state index contributed by atoms with van der Waals surface area (Å²) < 4.78 is 1.63.